The van der Waals surface area contributed by atoms with Crippen molar-refractivity contribution in [2.75, 3.05) is 28.4 Å². The van der Waals surface area contributed by atoms with Crippen molar-refractivity contribution >= 4 is 33.7 Å². The zero-order valence-electron chi connectivity index (χ0n) is 18.0. The van der Waals surface area contributed by atoms with Gasteiger partial charge in [0.25, 0.3) is 0 Å². The van der Waals surface area contributed by atoms with Crippen LogP contribution in [0.25, 0.3) is 21.8 Å². The summed E-state index contributed by atoms with van der Waals surface area (Å²) >= 11 is 0. The predicted molar refractivity (Wildman–Crippen MR) is 117 cm³/mol. The molecule has 8 nitrogen and oxygen atoms in total. The topological polar surface area (TPSA) is 91.8 Å². The highest BCUT2D eigenvalue weighted by atomic mass is 16.5. The highest BCUT2D eigenvalue weighted by Gasteiger charge is 2.13. The van der Waals surface area contributed by atoms with Gasteiger partial charge in [-0.25, -0.2) is 9.59 Å². The Morgan fingerprint density at radius 2 is 1.39 bits per heavy atom. The minimum absolute atomic E-state index is 0.335. The third kappa shape index (κ3) is 4.48. The number of aromatic nitrogens is 2. The van der Waals surface area contributed by atoms with Crippen LogP contribution in [-0.2, 0) is 16.5 Å². The van der Waals surface area contributed by atoms with Crippen molar-refractivity contribution in [3.8, 4) is 11.5 Å². The first kappa shape index (κ1) is 21.8. The molecule has 0 saturated carbocycles. The van der Waals surface area contributed by atoms with E-state index in [1.54, 1.807) is 30.9 Å². The van der Waals surface area contributed by atoms with E-state index in [9.17, 15) is 9.59 Å². The number of carbonyl (C=O) groups excluding carboxylic acids is 2. The summed E-state index contributed by atoms with van der Waals surface area (Å²) in [6.07, 6.45) is 0. The van der Waals surface area contributed by atoms with Crippen LogP contribution in [0, 0.1) is 0 Å². The monoisotopic (exact) mass is 424 g/mol. The quantitative estimate of drug-likeness (QED) is 0.499. The number of aryl methyl sites for hydroxylation is 1. The first-order valence-corrected chi connectivity index (χ1v) is 9.38. The molecule has 0 aliphatic rings. The molecule has 8 heteroatoms. The second-order valence-electron chi connectivity index (χ2n) is 6.63. The number of fused-ring (bicyclic) bond motifs is 2. The number of esters is 2. The van der Waals surface area contributed by atoms with E-state index >= 15 is 0 Å². The molecule has 31 heavy (non-hydrogen) atoms. The number of nitrogens with zero attached hydrogens (tertiary/aromatic N) is 1. The molecule has 0 unspecified atom stereocenters. The summed E-state index contributed by atoms with van der Waals surface area (Å²) in [5.74, 6) is 0.814. The number of methoxy groups -OCH3 is 4. The summed E-state index contributed by atoms with van der Waals surface area (Å²) in [5, 5.41) is 1.94. The first-order valence-electron chi connectivity index (χ1n) is 9.38. The Balaban J connectivity index is 0.000000176. The number of nitrogens with one attached hydrogen (secondary N) is 1. The highest BCUT2D eigenvalue weighted by molar-refractivity contribution is 5.96. The first-order chi connectivity index (χ1) is 14.9. The summed E-state index contributed by atoms with van der Waals surface area (Å²) in [5.41, 5.74) is 2.78. The van der Waals surface area contributed by atoms with Crippen molar-refractivity contribution in [2.45, 2.75) is 0 Å². The van der Waals surface area contributed by atoms with Crippen molar-refractivity contribution in [3.63, 3.8) is 0 Å². The maximum absolute atomic E-state index is 11.5. The van der Waals surface area contributed by atoms with Crippen LogP contribution in [0.3, 0.4) is 0 Å². The van der Waals surface area contributed by atoms with E-state index in [1.807, 2.05) is 43.4 Å². The third-order valence-corrected chi connectivity index (χ3v) is 4.88. The SMILES string of the molecule is COC(=O)c1cc2ccc(OC)cc2[nH]1.COC(=O)c1cc2ccc(OC)cc2n1C. The van der Waals surface area contributed by atoms with Crippen molar-refractivity contribution < 1.29 is 28.5 Å². The third-order valence-electron chi connectivity index (χ3n) is 4.88. The lowest BCUT2D eigenvalue weighted by molar-refractivity contribution is 0.0583. The Kier molecular flexibility index (Phi) is 6.49. The molecule has 1 N–H and O–H groups in total. The zero-order valence-corrected chi connectivity index (χ0v) is 18.0. The molecule has 4 rings (SSSR count). The van der Waals surface area contributed by atoms with Gasteiger partial charge in [-0.05, 0) is 36.4 Å². The van der Waals surface area contributed by atoms with Crippen LogP contribution < -0.4 is 9.47 Å². The summed E-state index contributed by atoms with van der Waals surface area (Å²) in [7, 11) is 7.78. The molecule has 0 spiro atoms. The number of aromatic amines is 1. The summed E-state index contributed by atoms with van der Waals surface area (Å²) in [4.78, 5) is 25.7. The smallest absolute Gasteiger partial charge is 0.354 e. The minimum atomic E-state index is -0.370. The van der Waals surface area contributed by atoms with Crippen LogP contribution in [-0.4, -0.2) is 49.9 Å². The summed E-state index contributed by atoms with van der Waals surface area (Å²) in [6.45, 7) is 0. The van der Waals surface area contributed by atoms with E-state index in [0.29, 0.717) is 11.4 Å². The fraction of sp³-hybridized carbons (Fsp3) is 0.217. The molecule has 0 aliphatic heterocycles. The van der Waals surface area contributed by atoms with Crippen LogP contribution >= 0.6 is 0 Å². The summed E-state index contributed by atoms with van der Waals surface area (Å²) < 4.78 is 21.4. The van der Waals surface area contributed by atoms with E-state index in [2.05, 4.69) is 9.72 Å². The van der Waals surface area contributed by atoms with Crippen molar-refractivity contribution in [1.82, 2.24) is 9.55 Å². The largest absolute Gasteiger partial charge is 0.497 e. The number of ether oxygens (including phenoxy) is 4. The van der Waals surface area contributed by atoms with E-state index in [4.69, 9.17) is 14.2 Å². The number of rotatable bonds is 4. The zero-order chi connectivity index (χ0) is 22.5. The molecule has 0 amide bonds. The van der Waals surface area contributed by atoms with Gasteiger partial charge in [-0.1, -0.05) is 0 Å². The van der Waals surface area contributed by atoms with Gasteiger partial charge < -0.3 is 28.5 Å². The fourth-order valence-corrected chi connectivity index (χ4v) is 3.19. The fourth-order valence-electron chi connectivity index (χ4n) is 3.19. The Labute approximate surface area is 179 Å². The Morgan fingerprint density at radius 1 is 0.774 bits per heavy atom. The summed E-state index contributed by atoms with van der Waals surface area (Å²) in [6, 6.07) is 14.8. The lowest BCUT2D eigenvalue weighted by atomic mass is 10.2. The highest BCUT2D eigenvalue weighted by Crippen LogP contribution is 2.24. The van der Waals surface area contributed by atoms with E-state index < -0.39 is 0 Å². The molecule has 4 aromatic rings. The molecule has 0 aliphatic carbocycles. The average Bonchev–Trinajstić information content (AvgIpc) is 3.38. The molecular weight excluding hydrogens is 400 g/mol. The maximum Gasteiger partial charge on any atom is 0.354 e. The van der Waals surface area contributed by atoms with Gasteiger partial charge in [0.05, 0.1) is 34.0 Å². The van der Waals surface area contributed by atoms with Gasteiger partial charge in [-0.3, -0.25) is 0 Å². The number of hydrogen-bond acceptors (Lipinski definition) is 6. The number of hydrogen-bond donors (Lipinski definition) is 1. The van der Waals surface area contributed by atoms with Crippen molar-refractivity contribution in [2.24, 2.45) is 7.05 Å². The molecule has 2 heterocycles. The molecule has 0 radical (unpaired) electrons. The second kappa shape index (κ2) is 9.25. The Bertz CT molecular complexity index is 1240. The molecular formula is C23H24N2O6. The van der Waals surface area contributed by atoms with Gasteiger partial charge in [-0.15, -0.1) is 0 Å². The van der Waals surface area contributed by atoms with Crippen molar-refractivity contribution in [3.05, 3.63) is 59.9 Å². The molecule has 0 saturated heterocycles. The lowest BCUT2D eigenvalue weighted by Crippen LogP contribution is -2.06. The molecule has 2 aromatic heterocycles. The predicted octanol–water partition coefficient (Wildman–Crippen LogP) is 3.94. The molecule has 0 bridgehead atoms. The molecule has 0 atom stereocenters. The van der Waals surface area contributed by atoms with Gasteiger partial charge in [-0.2, -0.15) is 0 Å². The van der Waals surface area contributed by atoms with Crippen LogP contribution in [0.4, 0.5) is 0 Å². The molecule has 2 aromatic carbocycles. The number of benzene rings is 2. The van der Waals surface area contributed by atoms with Gasteiger partial charge >= 0.3 is 11.9 Å². The lowest BCUT2D eigenvalue weighted by Gasteiger charge is -2.03. The van der Waals surface area contributed by atoms with Crippen LogP contribution in [0.1, 0.15) is 21.0 Å². The Morgan fingerprint density at radius 3 is 2.00 bits per heavy atom. The number of carbonyl (C=O) groups is 2. The van der Waals surface area contributed by atoms with Crippen LogP contribution in [0.15, 0.2) is 48.5 Å². The van der Waals surface area contributed by atoms with E-state index in [-0.39, 0.29) is 11.9 Å². The second-order valence-corrected chi connectivity index (χ2v) is 6.63. The van der Waals surface area contributed by atoms with Gasteiger partial charge in [0.1, 0.15) is 22.9 Å². The Hall–Kier alpha value is -3.94. The van der Waals surface area contributed by atoms with Gasteiger partial charge in [0.15, 0.2) is 0 Å². The molecule has 0 fully saturated rings. The van der Waals surface area contributed by atoms with Crippen LogP contribution in [0.5, 0.6) is 11.5 Å². The normalized spacial score (nSPS) is 10.4. The number of H-pyrrole nitrogens is 1. The van der Waals surface area contributed by atoms with Gasteiger partial charge in [0.2, 0.25) is 0 Å². The van der Waals surface area contributed by atoms with Crippen LogP contribution in [0.2, 0.25) is 0 Å². The van der Waals surface area contributed by atoms with Gasteiger partial charge in [0, 0.05) is 35.5 Å². The van der Waals surface area contributed by atoms with E-state index in [1.165, 1.54) is 14.2 Å². The van der Waals surface area contributed by atoms with Crippen molar-refractivity contribution in [1.29, 1.82) is 0 Å². The maximum atomic E-state index is 11.5. The minimum Gasteiger partial charge on any atom is -0.497 e. The molecule has 162 valence electrons. The standard InChI is InChI=1S/C12H13NO3.C11H11NO3/c1-13-10-7-9(15-2)5-4-8(10)6-11(13)12(14)16-3;1-14-8-4-3-7-5-10(11(13)15-2)12-9(7)6-8/h4-7H,1-3H3;3-6,12H,1-2H3. The van der Waals surface area contributed by atoms with E-state index in [0.717, 1.165) is 33.3 Å². The average molecular weight is 424 g/mol.